The molecule has 0 radical (unpaired) electrons. The number of likely N-dealkylation sites (tertiary alicyclic amines) is 1. The number of piperidine rings is 1. The Morgan fingerprint density at radius 2 is 2.07 bits per heavy atom. The van der Waals surface area contributed by atoms with Gasteiger partial charge in [0.1, 0.15) is 0 Å². The van der Waals surface area contributed by atoms with E-state index in [1.807, 2.05) is 0 Å². The zero-order valence-corrected chi connectivity index (χ0v) is 10.2. The van der Waals surface area contributed by atoms with Crippen molar-refractivity contribution in [1.82, 2.24) is 4.90 Å². The van der Waals surface area contributed by atoms with Gasteiger partial charge in [-0.1, -0.05) is 13.8 Å². The monoisotopic (exact) mass is 214 g/mol. The van der Waals surface area contributed by atoms with Crippen LogP contribution in [-0.2, 0) is 0 Å². The van der Waals surface area contributed by atoms with Crippen LogP contribution in [-0.4, -0.2) is 41.8 Å². The van der Waals surface area contributed by atoms with Crippen molar-refractivity contribution in [2.45, 2.75) is 45.1 Å². The molecule has 0 bridgehead atoms. The van der Waals surface area contributed by atoms with Crippen LogP contribution >= 0.6 is 0 Å². The van der Waals surface area contributed by atoms with Crippen molar-refractivity contribution in [3.8, 4) is 0 Å². The van der Waals surface area contributed by atoms with Gasteiger partial charge in [-0.05, 0) is 44.7 Å². The van der Waals surface area contributed by atoms with Gasteiger partial charge in [-0.3, -0.25) is 0 Å². The van der Waals surface area contributed by atoms with Crippen LogP contribution in [0, 0.1) is 5.92 Å². The van der Waals surface area contributed by atoms with E-state index in [9.17, 15) is 5.11 Å². The predicted octanol–water partition coefficient (Wildman–Crippen LogP) is 1.21. The highest BCUT2D eigenvalue weighted by Crippen LogP contribution is 2.21. The Balaban J connectivity index is 2.43. The van der Waals surface area contributed by atoms with Crippen molar-refractivity contribution in [1.29, 1.82) is 0 Å². The molecule has 3 nitrogen and oxygen atoms in total. The van der Waals surface area contributed by atoms with Crippen molar-refractivity contribution in [2.75, 3.05) is 26.2 Å². The zero-order chi connectivity index (χ0) is 11.3. The molecule has 1 unspecified atom stereocenters. The maximum absolute atomic E-state index is 10.3. The summed E-state index contributed by atoms with van der Waals surface area (Å²) in [5.41, 5.74) is 5.22. The lowest BCUT2D eigenvalue weighted by atomic mass is 9.93. The lowest BCUT2D eigenvalue weighted by Crippen LogP contribution is -2.47. The minimum Gasteiger partial charge on any atom is -0.389 e. The first-order chi connectivity index (χ1) is 7.13. The van der Waals surface area contributed by atoms with E-state index in [0.717, 1.165) is 39.0 Å². The largest absolute Gasteiger partial charge is 0.389 e. The Kier molecular flexibility index (Phi) is 5.03. The van der Waals surface area contributed by atoms with Crippen LogP contribution in [0.25, 0.3) is 0 Å². The van der Waals surface area contributed by atoms with E-state index in [2.05, 4.69) is 18.7 Å². The SMILES string of the molecule is CCC(O)(CC)CN1CCCC(CN)C1. The molecule has 1 saturated heterocycles. The molecule has 1 aliphatic heterocycles. The lowest BCUT2D eigenvalue weighted by molar-refractivity contribution is -0.0131. The number of hydrogen-bond acceptors (Lipinski definition) is 3. The fourth-order valence-corrected chi connectivity index (χ4v) is 2.38. The van der Waals surface area contributed by atoms with Gasteiger partial charge in [0.15, 0.2) is 0 Å². The highest BCUT2D eigenvalue weighted by Gasteiger charge is 2.28. The zero-order valence-electron chi connectivity index (χ0n) is 10.2. The molecule has 0 spiro atoms. The van der Waals surface area contributed by atoms with Gasteiger partial charge >= 0.3 is 0 Å². The summed E-state index contributed by atoms with van der Waals surface area (Å²) in [6.45, 7) is 7.92. The molecule has 0 aromatic carbocycles. The number of rotatable bonds is 5. The fourth-order valence-electron chi connectivity index (χ4n) is 2.38. The first kappa shape index (κ1) is 12.9. The summed E-state index contributed by atoms with van der Waals surface area (Å²) in [6, 6.07) is 0. The van der Waals surface area contributed by atoms with Crippen molar-refractivity contribution >= 4 is 0 Å². The summed E-state index contributed by atoms with van der Waals surface area (Å²) in [6.07, 6.45) is 4.16. The summed E-state index contributed by atoms with van der Waals surface area (Å²) in [7, 11) is 0. The Morgan fingerprint density at radius 3 is 2.60 bits per heavy atom. The summed E-state index contributed by atoms with van der Waals surface area (Å²) >= 11 is 0. The van der Waals surface area contributed by atoms with E-state index >= 15 is 0 Å². The standard InChI is InChI=1S/C12H26N2O/c1-3-12(15,4-2)10-14-7-5-6-11(8-13)9-14/h11,15H,3-10,13H2,1-2H3. The minimum atomic E-state index is -0.490. The Hall–Kier alpha value is -0.120. The van der Waals surface area contributed by atoms with E-state index in [-0.39, 0.29) is 0 Å². The molecule has 1 rings (SSSR count). The van der Waals surface area contributed by atoms with E-state index in [4.69, 9.17) is 5.73 Å². The minimum absolute atomic E-state index is 0.490. The van der Waals surface area contributed by atoms with Crippen LogP contribution in [0.4, 0.5) is 0 Å². The highest BCUT2D eigenvalue weighted by atomic mass is 16.3. The quantitative estimate of drug-likeness (QED) is 0.723. The maximum atomic E-state index is 10.3. The van der Waals surface area contributed by atoms with Crippen molar-refractivity contribution in [2.24, 2.45) is 11.7 Å². The van der Waals surface area contributed by atoms with Gasteiger partial charge in [-0.25, -0.2) is 0 Å². The van der Waals surface area contributed by atoms with Crippen LogP contribution in [0.15, 0.2) is 0 Å². The lowest BCUT2D eigenvalue weighted by Gasteiger charge is -2.37. The Bertz CT molecular complexity index is 180. The molecule has 90 valence electrons. The molecule has 3 heteroatoms. The number of nitrogens with zero attached hydrogens (tertiary/aromatic N) is 1. The molecule has 1 fully saturated rings. The van der Waals surface area contributed by atoms with Crippen molar-refractivity contribution in [3.63, 3.8) is 0 Å². The maximum Gasteiger partial charge on any atom is 0.0768 e. The van der Waals surface area contributed by atoms with Crippen LogP contribution < -0.4 is 5.73 Å². The molecule has 1 aliphatic rings. The third-order valence-electron chi connectivity index (χ3n) is 3.77. The Morgan fingerprint density at radius 1 is 1.40 bits per heavy atom. The second-order valence-corrected chi connectivity index (χ2v) is 4.91. The molecule has 0 aromatic heterocycles. The van der Waals surface area contributed by atoms with Crippen LogP contribution in [0.3, 0.4) is 0 Å². The molecule has 0 amide bonds. The molecular weight excluding hydrogens is 188 g/mol. The van der Waals surface area contributed by atoms with Gasteiger partial charge in [0.05, 0.1) is 5.60 Å². The molecule has 0 saturated carbocycles. The number of β-amino-alcohol motifs (C(OH)–C–C–N with tert-alkyl or cyclic N) is 1. The van der Waals surface area contributed by atoms with Gasteiger partial charge in [-0.15, -0.1) is 0 Å². The van der Waals surface area contributed by atoms with Crippen LogP contribution in [0.2, 0.25) is 0 Å². The highest BCUT2D eigenvalue weighted by molar-refractivity contribution is 4.83. The van der Waals surface area contributed by atoms with E-state index in [1.165, 1.54) is 12.8 Å². The summed E-state index contributed by atoms with van der Waals surface area (Å²) in [5, 5.41) is 10.3. The van der Waals surface area contributed by atoms with Gasteiger partial charge in [0.25, 0.3) is 0 Å². The third-order valence-corrected chi connectivity index (χ3v) is 3.77. The summed E-state index contributed by atoms with van der Waals surface area (Å²) < 4.78 is 0. The second kappa shape index (κ2) is 5.83. The van der Waals surface area contributed by atoms with Crippen LogP contribution in [0.1, 0.15) is 39.5 Å². The molecule has 0 aromatic rings. The molecule has 1 heterocycles. The first-order valence-electron chi connectivity index (χ1n) is 6.28. The topological polar surface area (TPSA) is 49.5 Å². The molecular formula is C12H26N2O. The van der Waals surface area contributed by atoms with Gasteiger partial charge in [0, 0.05) is 13.1 Å². The van der Waals surface area contributed by atoms with E-state index in [1.54, 1.807) is 0 Å². The summed E-state index contributed by atoms with van der Waals surface area (Å²) in [4.78, 5) is 2.38. The first-order valence-corrected chi connectivity index (χ1v) is 6.28. The fraction of sp³-hybridized carbons (Fsp3) is 1.00. The van der Waals surface area contributed by atoms with Crippen molar-refractivity contribution in [3.05, 3.63) is 0 Å². The van der Waals surface area contributed by atoms with Gasteiger partial charge < -0.3 is 15.7 Å². The molecule has 3 N–H and O–H groups in total. The van der Waals surface area contributed by atoms with E-state index in [0.29, 0.717) is 5.92 Å². The second-order valence-electron chi connectivity index (χ2n) is 4.91. The Labute approximate surface area is 93.6 Å². The van der Waals surface area contributed by atoms with Crippen LogP contribution in [0.5, 0.6) is 0 Å². The van der Waals surface area contributed by atoms with Gasteiger partial charge in [0.2, 0.25) is 0 Å². The number of aliphatic hydroxyl groups is 1. The van der Waals surface area contributed by atoms with E-state index < -0.39 is 5.60 Å². The molecule has 0 aliphatic carbocycles. The number of hydrogen-bond donors (Lipinski definition) is 2. The van der Waals surface area contributed by atoms with Gasteiger partial charge in [-0.2, -0.15) is 0 Å². The smallest absolute Gasteiger partial charge is 0.0768 e. The number of nitrogens with two attached hydrogens (primary N) is 1. The van der Waals surface area contributed by atoms with Crippen molar-refractivity contribution < 1.29 is 5.11 Å². The summed E-state index contributed by atoms with van der Waals surface area (Å²) in [5.74, 6) is 0.636. The average Bonchev–Trinajstić information content (AvgIpc) is 2.29. The average molecular weight is 214 g/mol. The third kappa shape index (κ3) is 3.74. The predicted molar refractivity (Wildman–Crippen MR) is 63.8 cm³/mol. The normalized spacial score (nSPS) is 24.4. The molecule has 15 heavy (non-hydrogen) atoms. The molecule has 1 atom stereocenters.